The van der Waals surface area contributed by atoms with Gasteiger partial charge in [0.05, 0.1) is 26.3 Å². The first-order valence-corrected chi connectivity index (χ1v) is 10.8. The fourth-order valence-corrected chi connectivity index (χ4v) is 4.55. The first kappa shape index (κ1) is 20.8. The molecule has 0 bridgehead atoms. The number of imide groups is 1. The van der Waals surface area contributed by atoms with Gasteiger partial charge in [-0.15, -0.1) is 0 Å². The highest BCUT2D eigenvalue weighted by Crippen LogP contribution is 2.39. The highest BCUT2D eigenvalue weighted by atomic mass is 16.5. The zero-order valence-corrected chi connectivity index (χ0v) is 18.6. The second kappa shape index (κ2) is 8.47. The largest absolute Gasteiger partial charge is 0.493 e. The highest BCUT2D eigenvalue weighted by Gasteiger charge is 2.43. The standard InChI is InChI=1S/C27H24N2O4/c1-32-22-13-12-18(16-23(22)33-2)17-29-26(30)24(20-9-4-3-5-10-20)25(27(29)31)28-15-14-19-8-6-7-11-21(19)28/h3-13,16H,14-15,17H2,1-2H3. The zero-order valence-electron chi connectivity index (χ0n) is 18.6. The molecule has 6 nitrogen and oxygen atoms in total. The number of amides is 2. The maximum Gasteiger partial charge on any atom is 0.278 e. The van der Waals surface area contributed by atoms with Gasteiger partial charge in [0.25, 0.3) is 11.8 Å². The smallest absolute Gasteiger partial charge is 0.278 e. The number of hydrogen-bond acceptors (Lipinski definition) is 5. The van der Waals surface area contributed by atoms with E-state index in [9.17, 15) is 9.59 Å². The third-order valence-corrected chi connectivity index (χ3v) is 6.15. The number of rotatable bonds is 6. The molecule has 2 heterocycles. The van der Waals surface area contributed by atoms with Gasteiger partial charge in [0.15, 0.2) is 11.5 Å². The van der Waals surface area contributed by atoms with E-state index in [2.05, 4.69) is 6.07 Å². The van der Waals surface area contributed by atoms with Crippen LogP contribution in [0.3, 0.4) is 0 Å². The molecule has 3 aromatic rings. The number of anilines is 1. The lowest BCUT2D eigenvalue weighted by molar-refractivity contribution is -0.137. The normalized spacial score (nSPS) is 15.3. The number of carbonyl (C=O) groups is 2. The van der Waals surface area contributed by atoms with Crippen LogP contribution in [0.25, 0.3) is 5.57 Å². The van der Waals surface area contributed by atoms with E-state index in [1.807, 2.05) is 59.5 Å². The fourth-order valence-electron chi connectivity index (χ4n) is 4.55. The minimum Gasteiger partial charge on any atom is -0.493 e. The summed E-state index contributed by atoms with van der Waals surface area (Å²) in [5.74, 6) is 0.572. The van der Waals surface area contributed by atoms with Gasteiger partial charge in [0.1, 0.15) is 5.70 Å². The minimum atomic E-state index is -0.291. The van der Waals surface area contributed by atoms with Crippen molar-refractivity contribution in [3.63, 3.8) is 0 Å². The summed E-state index contributed by atoms with van der Waals surface area (Å²) in [6, 6.07) is 22.9. The van der Waals surface area contributed by atoms with Crippen molar-refractivity contribution >= 4 is 23.1 Å². The molecule has 0 unspecified atom stereocenters. The molecule has 166 valence electrons. The van der Waals surface area contributed by atoms with E-state index in [1.165, 1.54) is 10.5 Å². The lowest BCUT2D eigenvalue weighted by atomic mass is 10.0. The molecule has 6 heteroatoms. The third-order valence-electron chi connectivity index (χ3n) is 6.15. The fraction of sp³-hybridized carbons (Fsp3) is 0.185. The van der Waals surface area contributed by atoms with Gasteiger partial charge in [-0.25, -0.2) is 0 Å². The Morgan fingerprint density at radius 1 is 0.818 bits per heavy atom. The Bertz CT molecular complexity index is 1270. The van der Waals surface area contributed by atoms with Crippen LogP contribution in [0.15, 0.2) is 78.5 Å². The molecule has 0 spiro atoms. The van der Waals surface area contributed by atoms with Crippen LogP contribution in [0.4, 0.5) is 5.69 Å². The topological polar surface area (TPSA) is 59.1 Å². The van der Waals surface area contributed by atoms with Gasteiger partial charge in [-0.2, -0.15) is 0 Å². The molecule has 33 heavy (non-hydrogen) atoms. The van der Waals surface area contributed by atoms with E-state index in [0.717, 1.165) is 23.2 Å². The highest BCUT2D eigenvalue weighted by molar-refractivity contribution is 6.36. The van der Waals surface area contributed by atoms with Crippen molar-refractivity contribution < 1.29 is 19.1 Å². The second-order valence-electron chi connectivity index (χ2n) is 8.01. The van der Waals surface area contributed by atoms with E-state index in [1.54, 1.807) is 26.4 Å². The Kier molecular flexibility index (Phi) is 5.34. The lowest BCUT2D eigenvalue weighted by Gasteiger charge is -2.22. The maximum absolute atomic E-state index is 13.7. The summed E-state index contributed by atoms with van der Waals surface area (Å²) in [4.78, 5) is 30.7. The Morgan fingerprint density at radius 2 is 1.55 bits per heavy atom. The molecular formula is C27H24N2O4. The molecule has 0 N–H and O–H groups in total. The summed E-state index contributed by atoms with van der Waals surface area (Å²) in [5, 5.41) is 0. The molecule has 0 saturated carbocycles. The van der Waals surface area contributed by atoms with Crippen molar-refractivity contribution in [1.29, 1.82) is 0 Å². The van der Waals surface area contributed by atoms with Crippen LogP contribution in [-0.2, 0) is 22.6 Å². The van der Waals surface area contributed by atoms with Crippen LogP contribution in [0.2, 0.25) is 0 Å². The molecule has 2 amide bonds. The molecule has 2 aliphatic rings. The Labute approximate surface area is 192 Å². The number of carbonyl (C=O) groups excluding carboxylic acids is 2. The summed E-state index contributed by atoms with van der Waals surface area (Å²) in [5.41, 5.74) is 4.57. The van der Waals surface area contributed by atoms with Gasteiger partial charge in [0.2, 0.25) is 0 Å². The molecule has 0 aromatic heterocycles. The van der Waals surface area contributed by atoms with E-state index < -0.39 is 0 Å². The molecule has 0 fully saturated rings. The summed E-state index contributed by atoms with van der Waals surface area (Å²) in [6.07, 6.45) is 0.832. The molecular weight excluding hydrogens is 416 g/mol. The average molecular weight is 440 g/mol. The van der Waals surface area contributed by atoms with Crippen LogP contribution in [0.1, 0.15) is 16.7 Å². The van der Waals surface area contributed by atoms with Gasteiger partial charge >= 0.3 is 0 Å². The van der Waals surface area contributed by atoms with Crippen molar-refractivity contribution in [3.05, 3.63) is 95.2 Å². The molecule has 0 aliphatic carbocycles. The predicted molar refractivity (Wildman–Crippen MR) is 126 cm³/mol. The number of ether oxygens (including phenoxy) is 2. The number of fused-ring (bicyclic) bond motifs is 1. The number of benzene rings is 3. The Morgan fingerprint density at radius 3 is 2.30 bits per heavy atom. The van der Waals surface area contributed by atoms with Crippen LogP contribution < -0.4 is 14.4 Å². The van der Waals surface area contributed by atoms with Crippen LogP contribution in [0, 0.1) is 0 Å². The molecule has 0 radical (unpaired) electrons. The molecule has 3 aromatic carbocycles. The molecule has 0 atom stereocenters. The maximum atomic E-state index is 13.7. The minimum absolute atomic E-state index is 0.146. The Balaban J connectivity index is 1.56. The average Bonchev–Trinajstić information content (AvgIpc) is 3.38. The predicted octanol–water partition coefficient (Wildman–Crippen LogP) is 4.05. The van der Waals surface area contributed by atoms with Gasteiger partial charge in [-0.3, -0.25) is 14.5 Å². The van der Waals surface area contributed by atoms with Crippen LogP contribution >= 0.6 is 0 Å². The summed E-state index contributed by atoms with van der Waals surface area (Å²) in [7, 11) is 3.13. The first-order valence-electron chi connectivity index (χ1n) is 10.8. The first-order chi connectivity index (χ1) is 16.1. The van der Waals surface area contributed by atoms with Crippen molar-refractivity contribution in [2.24, 2.45) is 0 Å². The Hall–Kier alpha value is -4.06. The molecule has 0 saturated heterocycles. The van der Waals surface area contributed by atoms with E-state index in [4.69, 9.17) is 9.47 Å². The second-order valence-corrected chi connectivity index (χ2v) is 8.01. The summed E-state index contributed by atoms with van der Waals surface area (Å²) < 4.78 is 10.7. The van der Waals surface area contributed by atoms with Gasteiger partial charge in [-0.05, 0) is 41.3 Å². The SMILES string of the molecule is COc1ccc(CN2C(=O)C(c3ccccc3)=C(N3CCc4ccccc43)C2=O)cc1OC. The van der Waals surface area contributed by atoms with Crippen LogP contribution in [-0.4, -0.2) is 37.5 Å². The van der Waals surface area contributed by atoms with Gasteiger partial charge in [-0.1, -0.05) is 54.6 Å². The number of hydrogen-bond donors (Lipinski definition) is 0. The number of para-hydroxylation sites is 1. The quantitative estimate of drug-likeness (QED) is 0.542. The number of nitrogens with zero attached hydrogens (tertiary/aromatic N) is 2. The lowest BCUT2D eigenvalue weighted by Crippen LogP contribution is -2.34. The molecule has 2 aliphatic heterocycles. The van der Waals surface area contributed by atoms with Crippen molar-refractivity contribution in [2.75, 3.05) is 25.7 Å². The van der Waals surface area contributed by atoms with Crippen molar-refractivity contribution in [3.8, 4) is 11.5 Å². The van der Waals surface area contributed by atoms with E-state index >= 15 is 0 Å². The monoisotopic (exact) mass is 440 g/mol. The van der Waals surface area contributed by atoms with Gasteiger partial charge < -0.3 is 14.4 Å². The van der Waals surface area contributed by atoms with Crippen molar-refractivity contribution in [1.82, 2.24) is 4.90 Å². The number of methoxy groups -OCH3 is 2. The van der Waals surface area contributed by atoms with Crippen molar-refractivity contribution in [2.45, 2.75) is 13.0 Å². The van der Waals surface area contributed by atoms with Crippen LogP contribution in [0.5, 0.6) is 11.5 Å². The molecule has 5 rings (SSSR count). The zero-order chi connectivity index (χ0) is 22.9. The van der Waals surface area contributed by atoms with Gasteiger partial charge in [0, 0.05) is 12.2 Å². The van der Waals surface area contributed by atoms with E-state index in [-0.39, 0.29) is 18.4 Å². The third kappa shape index (κ3) is 3.53. The van der Waals surface area contributed by atoms with E-state index in [0.29, 0.717) is 29.3 Å². The summed E-state index contributed by atoms with van der Waals surface area (Å²) >= 11 is 0. The summed E-state index contributed by atoms with van der Waals surface area (Å²) in [6.45, 7) is 0.807.